The third kappa shape index (κ3) is 63.9. The summed E-state index contributed by atoms with van der Waals surface area (Å²) in [4.78, 5) is 38.4. The number of ether oxygens (including phenoxy) is 3. The van der Waals surface area contributed by atoms with Crippen LogP contribution in [0.4, 0.5) is 0 Å². The van der Waals surface area contributed by atoms with Crippen molar-refractivity contribution in [3.63, 3.8) is 0 Å². The summed E-state index contributed by atoms with van der Waals surface area (Å²) in [5.41, 5.74) is 0. The summed E-state index contributed by atoms with van der Waals surface area (Å²) in [5.74, 6) is -0.881. The van der Waals surface area contributed by atoms with Crippen molar-refractivity contribution in [2.24, 2.45) is 0 Å². The molecule has 0 heterocycles. The summed E-state index contributed by atoms with van der Waals surface area (Å²) in [6.07, 6.45) is 85.3. The van der Waals surface area contributed by atoms with E-state index in [-0.39, 0.29) is 31.1 Å². The van der Waals surface area contributed by atoms with Crippen molar-refractivity contribution < 1.29 is 28.6 Å². The van der Waals surface area contributed by atoms with Crippen LogP contribution >= 0.6 is 0 Å². The molecule has 0 aromatic carbocycles. The van der Waals surface area contributed by atoms with Gasteiger partial charge in [-0.05, 0) is 103 Å². The van der Waals surface area contributed by atoms with Crippen LogP contribution in [0.25, 0.3) is 0 Å². The van der Waals surface area contributed by atoms with E-state index in [9.17, 15) is 14.4 Å². The lowest BCUT2D eigenvalue weighted by molar-refractivity contribution is -0.167. The summed E-state index contributed by atoms with van der Waals surface area (Å²) in [6.45, 7) is 6.56. The molecule has 0 aromatic rings. The van der Waals surface area contributed by atoms with Gasteiger partial charge in [-0.25, -0.2) is 0 Å². The molecule has 0 aliphatic heterocycles. The van der Waals surface area contributed by atoms with Crippen molar-refractivity contribution in [1.82, 2.24) is 0 Å². The number of hydrogen-bond donors (Lipinski definition) is 0. The van der Waals surface area contributed by atoms with E-state index in [0.29, 0.717) is 19.3 Å². The Kier molecular flexibility index (Phi) is 64.2. The molecule has 0 bridgehead atoms. The average Bonchev–Trinajstić information content (AvgIpc) is 3.44. The molecule has 0 amide bonds. The number of carbonyl (C=O) groups excluding carboxylic acids is 3. The minimum Gasteiger partial charge on any atom is -0.462 e. The molecule has 454 valence electrons. The van der Waals surface area contributed by atoms with Crippen LogP contribution in [0.1, 0.15) is 361 Å². The second-order valence-electron chi connectivity index (χ2n) is 23.1. The van der Waals surface area contributed by atoms with E-state index in [0.717, 1.165) is 96.3 Å². The SMILES string of the molecule is CC/C=C\C/C=C\C/C=C\CCCCCCCC(=O)OCC(COC(=O)CCCCCCCCCCCCCCCCC/C=C\CCCCCCCCCC)OC(=O)CCCCCCCCC/C=C\CCCCCCCCC. The quantitative estimate of drug-likeness (QED) is 0.0261. The first-order chi connectivity index (χ1) is 38.5. The van der Waals surface area contributed by atoms with Crippen LogP contribution in [0.2, 0.25) is 0 Å². The molecule has 0 fully saturated rings. The fourth-order valence-electron chi connectivity index (χ4n) is 10.1. The van der Waals surface area contributed by atoms with Crippen LogP contribution in [-0.2, 0) is 28.6 Å². The molecule has 0 rings (SSSR count). The summed E-state index contributed by atoms with van der Waals surface area (Å²) in [7, 11) is 0. The first kappa shape index (κ1) is 75.1. The molecular weight excluding hydrogens is 961 g/mol. The first-order valence-corrected chi connectivity index (χ1v) is 34.3. The van der Waals surface area contributed by atoms with Gasteiger partial charge < -0.3 is 14.2 Å². The van der Waals surface area contributed by atoms with Gasteiger partial charge in [-0.1, -0.05) is 300 Å². The predicted molar refractivity (Wildman–Crippen MR) is 339 cm³/mol. The summed E-state index contributed by atoms with van der Waals surface area (Å²) in [5, 5.41) is 0. The lowest BCUT2D eigenvalue weighted by Gasteiger charge is -2.18. The minimum absolute atomic E-state index is 0.0788. The molecule has 1 unspecified atom stereocenters. The zero-order valence-electron chi connectivity index (χ0n) is 52.2. The lowest BCUT2D eigenvalue weighted by Crippen LogP contribution is -2.30. The number of allylic oxidation sites excluding steroid dienone is 10. The summed E-state index contributed by atoms with van der Waals surface area (Å²) >= 11 is 0. The molecular formula is C72H130O6. The molecule has 0 saturated carbocycles. The van der Waals surface area contributed by atoms with E-state index in [4.69, 9.17) is 14.2 Å². The molecule has 0 spiro atoms. The molecule has 1 atom stereocenters. The average molecular weight is 1090 g/mol. The highest BCUT2D eigenvalue weighted by atomic mass is 16.6. The van der Waals surface area contributed by atoms with E-state index in [1.807, 2.05) is 0 Å². The van der Waals surface area contributed by atoms with Crippen molar-refractivity contribution in [1.29, 1.82) is 0 Å². The highest BCUT2D eigenvalue weighted by molar-refractivity contribution is 5.71. The molecule has 0 N–H and O–H groups in total. The van der Waals surface area contributed by atoms with Crippen LogP contribution in [0.3, 0.4) is 0 Å². The van der Waals surface area contributed by atoms with E-state index in [2.05, 4.69) is 81.5 Å². The highest BCUT2D eigenvalue weighted by Gasteiger charge is 2.19. The van der Waals surface area contributed by atoms with Crippen molar-refractivity contribution in [3.05, 3.63) is 60.8 Å². The predicted octanol–water partition coefficient (Wildman–Crippen LogP) is 23.5. The second-order valence-corrected chi connectivity index (χ2v) is 23.1. The maximum Gasteiger partial charge on any atom is 0.306 e. The van der Waals surface area contributed by atoms with Gasteiger partial charge in [-0.15, -0.1) is 0 Å². The van der Waals surface area contributed by atoms with Gasteiger partial charge in [0.2, 0.25) is 0 Å². The Bertz CT molecular complexity index is 1390. The Hall–Kier alpha value is -2.89. The lowest BCUT2D eigenvalue weighted by atomic mass is 10.0. The number of hydrogen-bond acceptors (Lipinski definition) is 6. The maximum absolute atomic E-state index is 12.9. The number of rotatable bonds is 63. The molecule has 78 heavy (non-hydrogen) atoms. The largest absolute Gasteiger partial charge is 0.462 e. The molecule has 0 radical (unpaired) electrons. The van der Waals surface area contributed by atoms with Gasteiger partial charge in [0.1, 0.15) is 13.2 Å². The van der Waals surface area contributed by atoms with Gasteiger partial charge in [0.25, 0.3) is 0 Å². The minimum atomic E-state index is -0.784. The molecule has 6 nitrogen and oxygen atoms in total. The number of esters is 3. The van der Waals surface area contributed by atoms with Crippen LogP contribution < -0.4 is 0 Å². The van der Waals surface area contributed by atoms with Gasteiger partial charge in [-0.2, -0.15) is 0 Å². The molecule has 0 saturated heterocycles. The normalized spacial score (nSPS) is 12.4. The van der Waals surface area contributed by atoms with Crippen LogP contribution in [0.5, 0.6) is 0 Å². The van der Waals surface area contributed by atoms with Crippen LogP contribution in [0.15, 0.2) is 60.8 Å². The highest BCUT2D eigenvalue weighted by Crippen LogP contribution is 2.17. The number of unbranched alkanes of at least 4 members (excludes halogenated alkanes) is 42. The van der Waals surface area contributed by atoms with Gasteiger partial charge in [0.05, 0.1) is 0 Å². The number of carbonyl (C=O) groups is 3. The van der Waals surface area contributed by atoms with E-state index in [1.54, 1.807) is 0 Å². The molecule has 0 aliphatic carbocycles. The maximum atomic E-state index is 12.9. The molecule has 6 heteroatoms. The van der Waals surface area contributed by atoms with Crippen LogP contribution in [0, 0.1) is 0 Å². The van der Waals surface area contributed by atoms with E-state index in [1.165, 1.54) is 225 Å². The Labute approximate surface area is 485 Å². The summed E-state index contributed by atoms with van der Waals surface area (Å²) in [6, 6.07) is 0. The standard InChI is InChI=1S/C72H130O6/c1-4-7-10-13-16-19-22-25-28-30-32-33-34-35-36-37-38-39-40-42-44-47-50-53-56-59-62-65-71(74)77-68-69(67-76-70(73)64-61-58-55-52-49-46-43-27-24-21-18-15-12-9-6-3)78-72(75)66-63-60-57-54-51-48-45-41-31-29-26-23-20-17-14-11-8-5-2/h9,12,18,21,27,29-32,43,69H,4-8,10-11,13-17,19-20,22-26,28,33-42,44-68H2,1-3H3/b12-9-,21-18-,31-29-,32-30-,43-27-. The zero-order chi connectivity index (χ0) is 56.4. The first-order valence-electron chi connectivity index (χ1n) is 34.3. The van der Waals surface area contributed by atoms with Gasteiger partial charge in [0, 0.05) is 19.3 Å². The molecule has 0 aliphatic rings. The van der Waals surface area contributed by atoms with Crippen LogP contribution in [-0.4, -0.2) is 37.2 Å². The van der Waals surface area contributed by atoms with Crippen molar-refractivity contribution in [3.8, 4) is 0 Å². The Balaban J connectivity index is 4.27. The van der Waals surface area contributed by atoms with Gasteiger partial charge in [-0.3, -0.25) is 14.4 Å². The monoisotopic (exact) mass is 1090 g/mol. The summed E-state index contributed by atoms with van der Waals surface area (Å²) < 4.78 is 17.0. The topological polar surface area (TPSA) is 78.9 Å². The second kappa shape index (κ2) is 66.6. The fourth-order valence-corrected chi connectivity index (χ4v) is 10.1. The Morgan fingerprint density at radius 3 is 0.795 bits per heavy atom. The third-order valence-electron chi connectivity index (χ3n) is 15.2. The zero-order valence-corrected chi connectivity index (χ0v) is 52.2. The van der Waals surface area contributed by atoms with E-state index >= 15 is 0 Å². The Morgan fingerprint density at radius 2 is 0.500 bits per heavy atom. The van der Waals surface area contributed by atoms with Crippen molar-refractivity contribution >= 4 is 17.9 Å². The molecule has 0 aromatic heterocycles. The van der Waals surface area contributed by atoms with Gasteiger partial charge in [0.15, 0.2) is 6.10 Å². The smallest absolute Gasteiger partial charge is 0.306 e. The fraction of sp³-hybridized carbons (Fsp3) is 0.819. The third-order valence-corrected chi connectivity index (χ3v) is 15.2. The van der Waals surface area contributed by atoms with Gasteiger partial charge >= 0.3 is 17.9 Å². The Morgan fingerprint density at radius 1 is 0.269 bits per heavy atom. The van der Waals surface area contributed by atoms with Crippen molar-refractivity contribution in [2.75, 3.05) is 13.2 Å². The van der Waals surface area contributed by atoms with Crippen molar-refractivity contribution in [2.45, 2.75) is 367 Å². The van der Waals surface area contributed by atoms with E-state index < -0.39 is 6.10 Å².